The number of hydrogen-bond acceptors (Lipinski definition) is 3. The summed E-state index contributed by atoms with van der Waals surface area (Å²) in [5.74, 6) is -0.497. The quantitative estimate of drug-likeness (QED) is 0.879. The zero-order valence-electron chi connectivity index (χ0n) is 10.1. The Kier molecular flexibility index (Phi) is 2.83. The second kappa shape index (κ2) is 4.16. The van der Waals surface area contributed by atoms with Crippen LogP contribution in [0.3, 0.4) is 0 Å². The molecule has 0 spiro atoms. The molecule has 0 bridgehead atoms. The molecule has 2 rings (SSSR count). The molecule has 90 valence electrons. The average Bonchev–Trinajstić information content (AvgIpc) is 2.57. The lowest BCUT2D eigenvalue weighted by Gasteiger charge is -2.02. The Morgan fingerprint density at radius 2 is 2.24 bits per heavy atom. The summed E-state index contributed by atoms with van der Waals surface area (Å²) in [6, 6.07) is 1.84. The van der Waals surface area contributed by atoms with Crippen LogP contribution in [0.2, 0.25) is 0 Å². The Balaban J connectivity index is 2.60. The van der Waals surface area contributed by atoms with Crippen LogP contribution in [-0.4, -0.2) is 25.7 Å². The van der Waals surface area contributed by atoms with Crippen LogP contribution in [0.1, 0.15) is 35.6 Å². The highest BCUT2D eigenvalue weighted by atomic mass is 16.4. The van der Waals surface area contributed by atoms with Crippen LogP contribution in [0.15, 0.2) is 12.3 Å². The molecule has 0 fully saturated rings. The van der Waals surface area contributed by atoms with E-state index < -0.39 is 5.97 Å². The van der Waals surface area contributed by atoms with E-state index in [1.165, 1.54) is 4.52 Å². The number of carbonyl (C=O) groups is 1. The third kappa shape index (κ3) is 2.13. The predicted octanol–water partition coefficient (Wildman–Crippen LogP) is 1.93. The molecule has 0 aliphatic rings. The van der Waals surface area contributed by atoms with Gasteiger partial charge in [0.15, 0.2) is 11.3 Å². The largest absolute Gasteiger partial charge is 0.476 e. The van der Waals surface area contributed by atoms with Crippen molar-refractivity contribution >= 4 is 11.6 Å². The van der Waals surface area contributed by atoms with Crippen LogP contribution >= 0.6 is 0 Å². The molecule has 0 aliphatic carbocycles. The third-order valence-electron chi connectivity index (χ3n) is 2.54. The van der Waals surface area contributed by atoms with E-state index in [9.17, 15) is 4.79 Å². The van der Waals surface area contributed by atoms with Gasteiger partial charge >= 0.3 is 5.97 Å². The Labute approximate surface area is 99.1 Å². The predicted molar refractivity (Wildman–Crippen MR) is 63.2 cm³/mol. The van der Waals surface area contributed by atoms with Gasteiger partial charge in [-0.25, -0.2) is 14.3 Å². The molecule has 5 nitrogen and oxygen atoms in total. The molecular weight excluding hydrogens is 218 g/mol. The molecular formula is C12H15N3O2. The molecule has 0 aromatic carbocycles. The first kappa shape index (κ1) is 11.6. The van der Waals surface area contributed by atoms with Crippen LogP contribution in [-0.2, 0) is 6.42 Å². The first-order chi connectivity index (χ1) is 7.99. The number of nitrogens with zero attached hydrogens (tertiary/aromatic N) is 3. The summed E-state index contributed by atoms with van der Waals surface area (Å²) in [6.07, 6.45) is 2.39. The van der Waals surface area contributed by atoms with Gasteiger partial charge in [0, 0.05) is 17.8 Å². The van der Waals surface area contributed by atoms with E-state index in [0.29, 0.717) is 17.1 Å². The lowest BCUT2D eigenvalue weighted by molar-refractivity contribution is 0.0686. The Morgan fingerprint density at radius 3 is 2.82 bits per heavy atom. The zero-order valence-corrected chi connectivity index (χ0v) is 10.1. The van der Waals surface area contributed by atoms with Crippen molar-refractivity contribution in [2.24, 2.45) is 5.92 Å². The van der Waals surface area contributed by atoms with Crippen molar-refractivity contribution in [2.75, 3.05) is 0 Å². The van der Waals surface area contributed by atoms with Crippen molar-refractivity contribution in [3.63, 3.8) is 0 Å². The van der Waals surface area contributed by atoms with E-state index in [4.69, 9.17) is 5.11 Å². The van der Waals surface area contributed by atoms with Gasteiger partial charge in [0.05, 0.1) is 5.69 Å². The molecule has 17 heavy (non-hydrogen) atoms. The third-order valence-corrected chi connectivity index (χ3v) is 2.54. The van der Waals surface area contributed by atoms with Crippen molar-refractivity contribution in [1.29, 1.82) is 0 Å². The highest BCUT2D eigenvalue weighted by Crippen LogP contribution is 2.13. The van der Waals surface area contributed by atoms with Crippen molar-refractivity contribution in [3.8, 4) is 0 Å². The van der Waals surface area contributed by atoms with Crippen molar-refractivity contribution in [1.82, 2.24) is 14.6 Å². The van der Waals surface area contributed by atoms with Gasteiger partial charge in [0.1, 0.15) is 0 Å². The minimum absolute atomic E-state index is 0.185. The second-order valence-electron chi connectivity index (χ2n) is 4.60. The normalized spacial score (nSPS) is 11.3. The first-order valence-electron chi connectivity index (χ1n) is 5.56. The second-order valence-corrected chi connectivity index (χ2v) is 4.60. The SMILES string of the molecule is Cc1cnc2cc(CC(C)C)nn2c1C(=O)O. The highest BCUT2D eigenvalue weighted by Gasteiger charge is 2.15. The highest BCUT2D eigenvalue weighted by molar-refractivity contribution is 5.87. The molecule has 0 saturated carbocycles. The van der Waals surface area contributed by atoms with Crippen LogP contribution in [0.4, 0.5) is 0 Å². The molecule has 0 radical (unpaired) electrons. The molecule has 0 saturated heterocycles. The molecule has 2 aromatic heterocycles. The summed E-state index contributed by atoms with van der Waals surface area (Å²) >= 11 is 0. The number of carboxylic acids is 1. The molecule has 0 atom stereocenters. The maximum Gasteiger partial charge on any atom is 0.354 e. The van der Waals surface area contributed by atoms with Gasteiger partial charge in [-0.3, -0.25) is 0 Å². The van der Waals surface area contributed by atoms with Crippen LogP contribution < -0.4 is 0 Å². The first-order valence-corrected chi connectivity index (χ1v) is 5.56. The Bertz CT molecular complexity index is 572. The summed E-state index contributed by atoms with van der Waals surface area (Å²) in [7, 11) is 0. The van der Waals surface area contributed by atoms with Gasteiger partial charge < -0.3 is 5.11 Å². The summed E-state index contributed by atoms with van der Waals surface area (Å²) < 4.78 is 1.41. The standard InChI is InChI=1S/C12H15N3O2/c1-7(2)4-9-5-10-13-6-8(3)11(12(16)17)15(10)14-9/h5-7H,4H2,1-3H3,(H,16,17). The number of rotatable bonds is 3. The maximum absolute atomic E-state index is 11.2. The van der Waals surface area contributed by atoms with Gasteiger partial charge in [-0.2, -0.15) is 5.10 Å². The van der Waals surface area contributed by atoms with E-state index in [2.05, 4.69) is 23.9 Å². The summed E-state index contributed by atoms with van der Waals surface area (Å²) in [5, 5.41) is 13.5. The number of hydrogen-bond donors (Lipinski definition) is 1. The van der Waals surface area contributed by atoms with Gasteiger partial charge in [-0.15, -0.1) is 0 Å². The number of carboxylic acid groups (broad SMARTS) is 1. The zero-order chi connectivity index (χ0) is 12.6. The fraction of sp³-hybridized carbons (Fsp3) is 0.417. The van der Waals surface area contributed by atoms with Crippen LogP contribution in [0.5, 0.6) is 0 Å². The average molecular weight is 233 g/mol. The summed E-state index contributed by atoms with van der Waals surface area (Å²) in [4.78, 5) is 15.4. The minimum atomic E-state index is -0.978. The van der Waals surface area contributed by atoms with Gasteiger partial charge in [-0.05, 0) is 19.3 Å². The maximum atomic E-state index is 11.2. The topological polar surface area (TPSA) is 67.5 Å². The van der Waals surface area contributed by atoms with Crippen LogP contribution in [0.25, 0.3) is 5.65 Å². The number of aromatic carboxylic acids is 1. The fourth-order valence-corrected chi connectivity index (χ4v) is 1.84. The monoisotopic (exact) mass is 233 g/mol. The van der Waals surface area contributed by atoms with Gasteiger partial charge in [0.25, 0.3) is 0 Å². The lowest BCUT2D eigenvalue weighted by atomic mass is 10.1. The number of fused-ring (bicyclic) bond motifs is 1. The van der Waals surface area contributed by atoms with Crippen molar-refractivity contribution in [2.45, 2.75) is 27.2 Å². The van der Waals surface area contributed by atoms with Crippen LogP contribution in [0, 0.1) is 12.8 Å². The van der Waals surface area contributed by atoms with E-state index in [0.717, 1.165) is 12.1 Å². The molecule has 2 aromatic rings. The molecule has 2 heterocycles. The lowest BCUT2D eigenvalue weighted by Crippen LogP contribution is -2.10. The van der Waals surface area contributed by atoms with E-state index in [1.54, 1.807) is 13.1 Å². The molecule has 1 N–H and O–H groups in total. The van der Waals surface area contributed by atoms with Crippen molar-refractivity contribution in [3.05, 3.63) is 29.2 Å². The Morgan fingerprint density at radius 1 is 1.53 bits per heavy atom. The molecule has 0 amide bonds. The van der Waals surface area contributed by atoms with E-state index in [-0.39, 0.29) is 5.69 Å². The fourth-order valence-electron chi connectivity index (χ4n) is 1.84. The number of aromatic nitrogens is 3. The van der Waals surface area contributed by atoms with E-state index in [1.807, 2.05) is 6.07 Å². The smallest absolute Gasteiger partial charge is 0.354 e. The molecule has 5 heteroatoms. The van der Waals surface area contributed by atoms with Gasteiger partial charge in [0.2, 0.25) is 0 Å². The number of aryl methyl sites for hydroxylation is 1. The van der Waals surface area contributed by atoms with Crippen molar-refractivity contribution < 1.29 is 9.90 Å². The molecule has 0 unspecified atom stereocenters. The van der Waals surface area contributed by atoms with Gasteiger partial charge in [-0.1, -0.05) is 13.8 Å². The minimum Gasteiger partial charge on any atom is -0.476 e. The van der Waals surface area contributed by atoms with E-state index >= 15 is 0 Å². The summed E-state index contributed by atoms with van der Waals surface area (Å²) in [5.41, 5.74) is 2.26. The Hall–Kier alpha value is -1.91. The summed E-state index contributed by atoms with van der Waals surface area (Å²) in [6.45, 7) is 5.92. The molecule has 0 aliphatic heterocycles.